The van der Waals surface area contributed by atoms with E-state index in [4.69, 9.17) is 9.47 Å². The van der Waals surface area contributed by atoms with Crippen LogP contribution in [0.3, 0.4) is 0 Å². The van der Waals surface area contributed by atoms with Gasteiger partial charge in [0.1, 0.15) is 0 Å². The van der Waals surface area contributed by atoms with E-state index in [0.29, 0.717) is 18.0 Å². The fourth-order valence-electron chi connectivity index (χ4n) is 2.05. The van der Waals surface area contributed by atoms with Crippen LogP contribution in [0.25, 0.3) is 0 Å². The van der Waals surface area contributed by atoms with E-state index in [1.165, 1.54) is 0 Å². The molecule has 104 valence electrons. The van der Waals surface area contributed by atoms with Crippen molar-refractivity contribution in [2.45, 2.75) is 13.3 Å². The minimum Gasteiger partial charge on any atom is -0.493 e. The average molecular weight is 264 g/mol. The smallest absolute Gasteiger partial charge is 0.415 e. The van der Waals surface area contributed by atoms with Crippen molar-refractivity contribution >= 4 is 6.09 Å². The summed E-state index contributed by atoms with van der Waals surface area (Å²) in [5, 5.41) is 3.25. The Hall–Kier alpha value is -1.75. The molecule has 1 aliphatic heterocycles. The second-order valence-electron chi connectivity index (χ2n) is 4.61. The maximum absolute atomic E-state index is 12.1. The number of methoxy groups -OCH3 is 1. The molecule has 1 N–H and O–H groups in total. The number of carbonyl (C=O) groups is 1. The standard InChI is InChI=1S/C14H20N2O3/c1-11-4-5-12(13(10-11)18-2)19-14(17)16-8-3-6-15-7-9-16/h4-5,10,15H,3,6-9H2,1-2H3. The fourth-order valence-corrected chi connectivity index (χ4v) is 2.05. The first-order valence-corrected chi connectivity index (χ1v) is 6.53. The van der Waals surface area contributed by atoms with Gasteiger partial charge in [0.15, 0.2) is 11.5 Å². The molecule has 19 heavy (non-hydrogen) atoms. The highest BCUT2D eigenvalue weighted by Crippen LogP contribution is 2.28. The van der Waals surface area contributed by atoms with Gasteiger partial charge in [0.2, 0.25) is 0 Å². The molecule has 1 aromatic rings. The van der Waals surface area contributed by atoms with Gasteiger partial charge < -0.3 is 19.7 Å². The van der Waals surface area contributed by atoms with Gasteiger partial charge in [-0.25, -0.2) is 4.79 Å². The zero-order valence-corrected chi connectivity index (χ0v) is 11.4. The van der Waals surface area contributed by atoms with E-state index in [9.17, 15) is 4.79 Å². The second kappa shape index (κ2) is 6.43. The Morgan fingerprint density at radius 2 is 2.11 bits per heavy atom. The Balaban J connectivity index is 2.05. The van der Waals surface area contributed by atoms with Gasteiger partial charge in [0.05, 0.1) is 7.11 Å². The van der Waals surface area contributed by atoms with E-state index in [0.717, 1.165) is 31.6 Å². The molecule has 5 nitrogen and oxygen atoms in total. The minimum absolute atomic E-state index is 0.314. The number of hydrogen-bond donors (Lipinski definition) is 1. The van der Waals surface area contributed by atoms with Crippen LogP contribution < -0.4 is 14.8 Å². The van der Waals surface area contributed by atoms with Crippen LogP contribution in [0, 0.1) is 6.92 Å². The predicted octanol–water partition coefficient (Wildman–Crippen LogP) is 1.80. The summed E-state index contributed by atoms with van der Waals surface area (Å²) in [5.74, 6) is 1.05. The Labute approximate surface area is 113 Å². The van der Waals surface area contributed by atoms with Crippen molar-refractivity contribution in [3.05, 3.63) is 23.8 Å². The van der Waals surface area contributed by atoms with E-state index in [1.54, 1.807) is 18.1 Å². The maximum atomic E-state index is 12.1. The molecule has 1 heterocycles. The number of aryl methyl sites for hydroxylation is 1. The van der Waals surface area contributed by atoms with E-state index in [2.05, 4.69) is 5.32 Å². The van der Waals surface area contributed by atoms with Crippen LogP contribution in [0.5, 0.6) is 11.5 Å². The molecule has 2 rings (SSSR count). The maximum Gasteiger partial charge on any atom is 0.415 e. The summed E-state index contributed by atoms with van der Waals surface area (Å²) >= 11 is 0. The summed E-state index contributed by atoms with van der Waals surface area (Å²) in [7, 11) is 1.57. The molecule has 0 unspecified atom stereocenters. The lowest BCUT2D eigenvalue weighted by Crippen LogP contribution is -2.36. The number of carbonyl (C=O) groups excluding carboxylic acids is 1. The van der Waals surface area contributed by atoms with Gasteiger partial charge in [-0.05, 0) is 37.6 Å². The average Bonchev–Trinajstić information content (AvgIpc) is 2.69. The van der Waals surface area contributed by atoms with Crippen LogP contribution in [-0.2, 0) is 0 Å². The SMILES string of the molecule is COc1cc(C)ccc1OC(=O)N1CCCNCC1. The van der Waals surface area contributed by atoms with Crippen molar-refractivity contribution in [1.29, 1.82) is 0 Å². The monoisotopic (exact) mass is 264 g/mol. The lowest BCUT2D eigenvalue weighted by Gasteiger charge is -2.20. The van der Waals surface area contributed by atoms with Gasteiger partial charge in [-0.3, -0.25) is 0 Å². The van der Waals surface area contributed by atoms with Crippen LogP contribution in [0.4, 0.5) is 4.79 Å². The molecule has 0 saturated carbocycles. The molecule has 1 aliphatic rings. The van der Waals surface area contributed by atoms with Crippen LogP contribution in [0.15, 0.2) is 18.2 Å². The molecule has 0 aromatic heterocycles. The molecule has 5 heteroatoms. The fraction of sp³-hybridized carbons (Fsp3) is 0.500. The predicted molar refractivity (Wildman–Crippen MR) is 72.8 cm³/mol. The molecule has 1 aromatic carbocycles. The van der Waals surface area contributed by atoms with Crippen molar-refractivity contribution in [2.24, 2.45) is 0 Å². The second-order valence-corrected chi connectivity index (χ2v) is 4.61. The van der Waals surface area contributed by atoms with Crippen molar-refractivity contribution in [3.63, 3.8) is 0 Å². The quantitative estimate of drug-likeness (QED) is 0.885. The molecule has 0 atom stereocenters. The summed E-state index contributed by atoms with van der Waals surface area (Å²) in [4.78, 5) is 13.8. The summed E-state index contributed by atoms with van der Waals surface area (Å²) in [6.07, 6.45) is 0.631. The lowest BCUT2D eigenvalue weighted by atomic mass is 10.2. The van der Waals surface area contributed by atoms with Crippen molar-refractivity contribution in [1.82, 2.24) is 10.2 Å². The van der Waals surface area contributed by atoms with Crippen LogP contribution >= 0.6 is 0 Å². The summed E-state index contributed by atoms with van der Waals surface area (Å²) in [6, 6.07) is 5.52. The minimum atomic E-state index is -0.314. The molecule has 0 bridgehead atoms. The third-order valence-corrected chi connectivity index (χ3v) is 3.11. The normalized spacial score (nSPS) is 15.8. The number of nitrogens with zero attached hydrogens (tertiary/aromatic N) is 1. The zero-order chi connectivity index (χ0) is 13.7. The summed E-state index contributed by atoms with van der Waals surface area (Å²) in [5.41, 5.74) is 1.07. The molecular formula is C14H20N2O3. The van der Waals surface area contributed by atoms with Crippen LogP contribution in [0.2, 0.25) is 0 Å². The Bertz CT molecular complexity index is 440. The summed E-state index contributed by atoms with van der Waals surface area (Å²) in [6.45, 7) is 5.11. The number of ether oxygens (including phenoxy) is 2. The van der Waals surface area contributed by atoms with Crippen molar-refractivity contribution in [2.75, 3.05) is 33.3 Å². The lowest BCUT2D eigenvalue weighted by molar-refractivity contribution is 0.153. The third-order valence-electron chi connectivity index (χ3n) is 3.11. The van der Waals surface area contributed by atoms with Gasteiger partial charge in [-0.2, -0.15) is 0 Å². The third kappa shape index (κ3) is 3.61. The van der Waals surface area contributed by atoms with Crippen molar-refractivity contribution in [3.8, 4) is 11.5 Å². The van der Waals surface area contributed by atoms with E-state index in [-0.39, 0.29) is 6.09 Å². The molecule has 1 saturated heterocycles. The Morgan fingerprint density at radius 3 is 2.89 bits per heavy atom. The first-order valence-electron chi connectivity index (χ1n) is 6.53. The van der Waals surface area contributed by atoms with Gasteiger partial charge in [-0.1, -0.05) is 6.07 Å². The number of benzene rings is 1. The van der Waals surface area contributed by atoms with Gasteiger partial charge in [-0.15, -0.1) is 0 Å². The zero-order valence-electron chi connectivity index (χ0n) is 11.4. The van der Waals surface area contributed by atoms with Crippen molar-refractivity contribution < 1.29 is 14.3 Å². The molecule has 1 amide bonds. The van der Waals surface area contributed by atoms with E-state index >= 15 is 0 Å². The highest BCUT2D eigenvalue weighted by Gasteiger charge is 2.18. The molecular weight excluding hydrogens is 244 g/mol. The van der Waals surface area contributed by atoms with Crippen LogP contribution in [0.1, 0.15) is 12.0 Å². The summed E-state index contributed by atoms with van der Waals surface area (Å²) < 4.78 is 10.7. The molecule has 0 spiro atoms. The first kappa shape index (κ1) is 13.7. The highest BCUT2D eigenvalue weighted by atomic mass is 16.6. The number of hydrogen-bond acceptors (Lipinski definition) is 4. The molecule has 1 fully saturated rings. The largest absolute Gasteiger partial charge is 0.493 e. The highest BCUT2D eigenvalue weighted by molar-refractivity contribution is 5.71. The topological polar surface area (TPSA) is 50.8 Å². The van der Waals surface area contributed by atoms with Gasteiger partial charge >= 0.3 is 6.09 Å². The van der Waals surface area contributed by atoms with Gasteiger partial charge in [0, 0.05) is 19.6 Å². The molecule has 0 radical (unpaired) electrons. The van der Waals surface area contributed by atoms with E-state index in [1.807, 2.05) is 19.1 Å². The number of amides is 1. The molecule has 0 aliphatic carbocycles. The van der Waals surface area contributed by atoms with Crippen LogP contribution in [-0.4, -0.2) is 44.3 Å². The first-order chi connectivity index (χ1) is 9.20. The Morgan fingerprint density at radius 1 is 1.26 bits per heavy atom. The number of rotatable bonds is 2. The number of nitrogens with one attached hydrogen (secondary N) is 1. The van der Waals surface area contributed by atoms with E-state index < -0.39 is 0 Å². The Kier molecular flexibility index (Phi) is 4.63. The van der Waals surface area contributed by atoms with Gasteiger partial charge in [0.25, 0.3) is 0 Å².